The molecule has 1 fully saturated rings. The molecule has 2 heterocycles. The molecule has 1 aliphatic heterocycles. The maximum absolute atomic E-state index is 12.7. The molecule has 126 valence electrons. The number of esters is 1. The van der Waals surface area contributed by atoms with Gasteiger partial charge in [0.15, 0.2) is 6.04 Å². The molecule has 0 radical (unpaired) electrons. The van der Waals surface area contributed by atoms with Gasteiger partial charge in [0.1, 0.15) is 0 Å². The third-order valence-electron chi connectivity index (χ3n) is 5.17. The summed E-state index contributed by atoms with van der Waals surface area (Å²) in [6, 6.07) is -0.643. The lowest BCUT2D eigenvalue weighted by Gasteiger charge is -2.24. The van der Waals surface area contributed by atoms with Crippen LogP contribution in [0.3, 0.4) is 0 Å². The first-order chi connectivity index (χ1) is 11.2. The molecule has 1 aromatic heterocycles. The highest BCUT2D eigenvalue weighted by Crippen LogP contribution is 2.34. The second-order valence-electron chi connectivity index (χ2n) is 6.65. The van der Waals surface area contributed by atoms with Crippen molar-refractivity contribution in [3.8, 4) is 0 Å². The minimum absolute atomic E-state index is 0.0363. The standard InChI is InChI=1S/C17H25N3O3/c1-23-17(22)16-13-10-18-19-14(13)11-20(16)15(21)9-8-12-6-4-2-3-5-7-12/h10,12,16H,2-9,11H2,1H3,(H,18,19). The van der Waals surface area contributed by atoms with Crippen LogP contribution in [0.1, 0.15) is 68.7 Å². The molecule has 0 saturated heterocycles. The zero-order chi connectivity index (χ0) is 16.2. The summed E-state index contributed by atoms with van der Waals surface area (Å²) in [5.41, 5.74) is 1.60. The van der Waals surface area contributed by atoms with Gasteiger partial charge in [0.05, 0.1) is 25.5 Å². The lowest BCUT2D eigenvalue weighted by Crippen LogP contribution is -2.34. The van der Waals surface area contributed by atoms with E-state index in [4.69, 9.17) is 4.74 Å². The SMILES string of the molecule is COC(=O)C1c2cn[nH]c2CN1C(=O)CCC1CCCCCC1. The normalized spacial score (nSPS) is 21.8. The Labute approximate surface area is 136 Å². The number of carbonyl (C=O) groups is 2. The summed E-state index contributed by atoms with van der Waals surface area (Å²) in [5, 5.41) is 6.84. The molecule has 3 rings (SSSR count). The smallest absolute Gasteiger partial charge is 0.333 e. The molecule has 1 N–H and O–H groups in total. The Kier molecular flexibility index (Phi) is 4.98. The number of H-pyrrole nitrogens is 1. The fourth-order valence-corrected chi connectivity index (χ4v) is 3.84. The molecule has 1 aromatic rings. The second kappa shape index (κ2) is 7.15. The Morgan fingerprint density at radius 2 is 2.04 bits per heavy atom. The summed E-state index contributed by atoms with van der Waals surface area (Å²) in [5.74, 6) is 0.294. The van der Waals surface area contributed by atoms with Crippen LogP contribution < -0.4 is 0 Å². The van der Waals surface area contributed by atoms with Crippen molar-refractivity contribution in [1.82, 2.24) is 15.1 Å². The van der Waals surface area contributed by atoms with Crippen molar-refractivity contribution in [2.24, 2.45) is 5.92 Å². The predicted octanol–water partition coefficient (Wildman–Crippen LogP) is 2.72. The van der Waals surface area contributed by atoms with Gasteiger partial charge >= 0.3 is 5.97 Å². The number of aromatic amines is 1. The number of nitrogens with zero attached hydrogens (tertiary/aromatic N) is 2. The largest absolute Gasteiger partial charge is 0.467 e. The number of carbonyl (C=O) groups excluding carboxylic acids is 2. The highest BCUT2D eigenvalue weighted by atomic mass is 16.5. The van der Waals surface area contributed by atoms with Gasteiger partial charge in [-0.3, -0.25) is 9.89 Å². The highest BCUT2D eigenvalue weighted by Gasteiger charge is 2.40. The molecule has 1 atom stereocenters. The zero-order valence-corrected chi connectivity index (χ0v) is 13.7. The molecule has 0 aromatic carbocycles. The molecule has 2 aliphatic rings. The maximum Gasteiger partial charge on any atom is 0.333 e. The quantitative estimate of drug-likeness (QED) is 0.684. The van der Waals surface area contributed by atoms with E-state index in [1.165, 1.54) is 45.6 Å². The van der Waals surface area contributed by atoms with Gasteiger partial charge in [0.2, 0.25) is 5.91 Å². The predicted molar refractivity (Wildman–Crippen MR) is 84.3 cm³/mol. The van der Waals surface area contributed by atoms with E-state index in [2.05, 4.69) is 10.2 Å². The topological polar surface area (TPSA) is 75.3 Å². The molecular weight excluding hydrogens is 294 g/mol. The number of amides is 1. The third kappa shape index (κ3) is 3.41. The summed E-state index contributed by atoms with van der Waals surface area (Å²) in [7, 11) is 1.36. The van der Waals surface area contributed by atoms with Crippen LogP contribution in [-0.2, 0) is 20.9 Å². The first-order valence-corrected chi connectivity index (χ1v) is 8.60. The van der Waals surface area contributed by atoms with E-state index in [0.29, 0.717) is 18.9 Å². The number of fused-ring (bicyclic) bond motifs is 1. The lowest BCUT2D eigenvalue weighted by atomic mass is 9.94. The Hall–Kier alpha value is -1.85. The Morgan fingerprint density at radius 1 is 1.30 bits per heavy atom. The van der Waals surface area contributed by atoms with Gasteiger partial charge in [-0.05, 0) is 12.3 Å². The van der Waals surface area contributed by atoms with Crippen LogP contribution in [0.4, 0.5) is 0 Å². The molecule has 23 heavy (non-hydrogen) atoms. The number of nitrogens with one attached hydrogen (secondary N) is 1. The summed E-state index contributed by atoms with van der Waals surface area (Å²) < 4.78 is 4.88. The van der Waals surface area contributed by atoms with E-state index in [0.717, 1.165) is 17.7 Å². The highest BCUT2D eigenvalue weighted by molar-refractivity contribution is 5.87. The van der Waals surface area contributed by atoms with E-state index in [-0.39, 0.29) is 5.91 Å². The van der Waals surface area contributed by atoms with Crippen LogP contribution in [0.5, 0.6) is 0 Å². The van der Waals surface area contributed by atoms with Crippen molar-refractivity contribution >= 4 is 11.9 Å². The third-order valence-corrected chi connectivity index (χ3v) is 5.17. The van der Waals surface area contributed by atoms with Crippen molar-refractivity contribution in [1.29, 1.82) is 0 Å². The van der Waals surface area contributed by atoms with Gasteiger partial charge < -0.3 is 9.64 Å². The summed E-state index contributed by atoms with van der Waals surface area (Å²) >= 11 is 0. The fourth-order valence-electron chi connectivity index (χ4n) is 3.84. The Bertz CT molecular complexity index is 561. The van der Waals surface area contributed by atoms with E-state index < -0.39 is 12.0 Å². The van der Waals surface area contributed by atoms with Crippen molar-refractivity contribution < 1.29 is 14.3 Å². The van der Waals surface area contributed by atoms with Crippen molar-refractivity contribution in [3.05, 3.63) is 17.5 Å². The number of rotatable bonds is 4. The average Bonchev–Trinajstić information content (AvgIpc) is 3.04. The minimum atomic E-state index is -0.643. The van der Waals surface area contributed by atoms with Gasteiger partial charge in [0, 0.05) is 12.0 Å². The van der Waals surface area contributed by atoms with Crippen molar-refractivity contribution in [2.75, 3.05) is 7.11 Å². The first kappa shape index (κ1) is 16.0. The first-order valence-electron chi connectivity index (χ1n) is 8.60. The monoisotopic (exact) mass is 319 g/mol. The number of ether oxygens (including phenoxy) is 1. The van der Waals surface area contributed by atoms with Gasteiger partial charge in [-0.2, -0.15) is 5.10 Å². The van der Waals surface area contributed by atoms with Crippen LogP contribution in [-0.4, -0.2) is 34.1 Å². The molecule has 6 nitrogen and oxygen atoms in total. The number of hydrogen-bond donors (Lipinski definition) is 1. The molecule has 1 amide bonds. The number of hydrogen-bond acceptors (Lipinski definition) is 4. The van der Waals surface area contributed by atoms with Gasteiger partial charge in [-0.1, -0.05) is 38.5 Å². The summed E-state index contributed by atoms with van der Waals surface area (Å²) in [4.78, 5) is 26.4. The van der Waals surface area contributed by atoms with Crippen LogP contribution in [0.2, 0.25) is 0 Å². The molecule has 0 bridgehead atoms. The van der Waals surface area contributed by atoms with Crippen LogP contribution >= 0.6 is 0 Å². The maximum atomic E-state index is 12.7. The minimum Gasteiger partial charge on any atom is -0.467 e. The summed E-state index contributed by atoms with van der Waals surface area (Å²) in [6.45, 7) is 0.415. The fraction of sp³-hybridized carbons (Fsp3) is 0.706. The summed E-state index contributed by atoms with van der Waals surface area (Å²) in [6.07, 6.45) is 10.7. The molecule has 0 spiro atoms. The number of methoxy groups -OCH3 is 1. The van der Waals surface area contributed by atoms with E-state index in [1.54, 1.807) is 11.1 Å². The van der Waals surface area contributed by atoms with E-state index >= 15 is 0 Å². The lowest BCUT2D eigenvalue weighted by molar-refractivity contribution is -0.152. The van der Waals surface area contributed by atoms with Crippen LogP contribution in [0.15, 0.2) is 6.20 Å². The van der Waals surface area contributed by atoms with Crippen LogP contribution in [0, 0.1) is 5.92 Å². The average molecular weight is 319 g/mol. The molecule has 6 heteroatoms. The van der Waals surface area contributed by atoms with Gasteiger partial charge in [-0.15, -0.1) is 0 Å². The molecule has 1 aliphatic carbocycles. The van der Waals surface area contributed by atoms with Crippen molar-refractivity contribution in [2.45, 2.75) is 64.0 Å². The van der Waals surface area contributed by atoms with Gasteiger partial charge in [-0.25, -0.2) is 4.79 Å². The molecular formula is C17H25N3O3. The van der Waals surface area contributed by atoms with E-state index in [1.807, 2.05) is 0 Å². The Balaban J connectivity index is 1.62. The molecule has 1 saturated carbocycles. The van der Waals surface area contributed by atoms with Gasteiger partial charge in [0.25, 0.3) is 0 Å². The second-order valence-corrected chi connectivity index (χ2v) is 6.65. The van der Waals surface area contributed by atoms with Crippen LogP contribution in [0.25, 0.3) is 0 Å². The number of aromatic nitrogens is 2. The van der Waals surface area contributed by atoms with E-state index in [9.17, 15) is 9.59 Å². The Morgan fingerprint density at radius 3 is 2.74 bits per heavy atom. The van der Waals surface area contributed by atoms with Crippen molar-refractivity contribution in [3.63, 3.8) is 0 Å². The zero-order valence-electron chi connectivity index (χ0n) is 13.7. The molecule has 1 unspecified atom stereocenters.